The average Bonchev–Trinajstić information content (AvgIpc) is 2.75. The third kappa shape index (κ3) is 2.81. The first-order chi connectivity index (χ1) is 8.38. The van der Waals surface area contributed by atoms with Gasteiger partial charge in [-0.15, -0.1) is 11.3 Å². The number of nitrogens with two attached hydrogens (primary N) is 1. The summed E-state index contributed by atoms with van der Waals surface area (Å²) in [5, 5.41) is 2.84. The summed E-state index contributed by atoms with van der Waals surface area (Å²) in [5.74, 6) is 1.32. The minimum atomic E-state index is -0.111. The van der Waals surface area contributed by atoms with Crippen molar-refractivity contribution in [2.45, 2.75) is 42.5 Å². The van der Waals surface area contributed by atoms with E-state index in [1.54, 1.807) is 29.3 Å². The van der Waals surface area contributed by atoms with Crippen LogP contribution in [0.25, 0.3) is 0 Å². The van der Waals surface area contributed by atoms with Crippen molar-refractivity contribution in [2.24, 2.45) is 0 Å². The Kier molecular flexibility index (Phi) is 3.59. The summed E-state index contributed by atoms with van der Waals surface area (Å²) in [6, 6.07) is 0. The van der Waals surface area contributed by atoms with Gasteiger partial charge in [-0.25, -0.2) is 15.0 Å². The molecule has 0 atom stereocenters. The molecule has 2 aromatic rings. The van der Waals surface area contributed by atoms with Crippen molar-refractivity contribution in [3.05, 3.63) is 23.0 Å². The average molecular weight is 280 g/mol. The van der Waals surface area contributed by atoms with Gasteiger partial charge in [0.05, 0.1) is 0 Å². The van der Waals surface area contributed by atoms with Gasteiger partial charge in [0.15, 0.2) is 4.34 Å². The van der Waals surface area contributed by atoms with Crippen molar-refractivity contribution in [3.63, 3.8) is 0 Å². The van der Waals surface area contributed by atoms with Crippen molar-refractivity contribution < 1.29 is 0 Å². The Hall–Kier alpha value is -1.14. The van der Waals surface area contributed by atoms with Crippen LogP contribution in [0, 0.1) is 6.92 Å². The molecule has 0 saturated carbocycles. The van der Waals surface area contributed by atoms with Gasteiger partial charge in [-0.2, -0.15) is 0 Å². The Morgan fingerprint density at radius 2 is 2.00 bits per heavy atom. The predicted molar refractivity (Wildman–Crippen MR) is 76.1 cm³/mol. The van der Waals surface area contributed by atoms with Crippen LogP contribution in [0.4, 0.5) is 5.82 Å². The molecule has 0 unspecified atom stereocenters. The number of rotatable bonds is 2. The van der Waals surface area contributed by atoms with Crippen LogP contribution in [0.1, 0.15) is 32.2 Å². The summed E-state index contributed by atoms with van der Waals surface area (Å²) in [5.41, 5.74) is 6.77. The normalized spacial score (nSPS) is 11.8. The van der Waals surface area contributed by atoms with Crippen LogP contribution < -0.4 is 5.73 Å². The van der Waals surface area contributed by atoms with Crippen LogP contribution in [0.15, 0.2) is 20.9 Å². The maximum atomic E-state index is 5.97. The molecule has 18 heavy (non-hydrogen) atoms. The quantitative estimate of drug-likeness (QED) is 0.855. The molecule has 0 fully saturated rings. The van der Waals surface area contributed by atoms with Crippen LogP contribution in [-0.2, 0) is 5.41 Å². The third-order valence-corrected chi connectivity index (χ3v) is 4.38. The zero-order chi connectivity index (χ0) is 13.3. The molecule has 6 heteroatoms. The zero-order valence-corrected chi connectivity index (χ0v) is 12.5. The third-order valence-electron chi connectivity index (χ3n) is 2.40. The molecule has 0 radical (unpaired) electrons. The van der Waals surface area contributed by atoms with E-state index in [1.165, 1.54) is 0 Å². The van der Waals surface area contributed by atoms with Gasteiger partial charge in [-0.1, -0.05) is 20.8 Å². The van der Waals surface area contributed by atoms with Gasteiger partial charge in [-0.05, 0) is 18.7 Å². The fraction of sp³-hybridized carbons (Fsp3) is 0.417. The monoisotopic (exact) mass is 280 g/mol. The first-order valence-electron chi connectivity index (χ1n) is 5.60. The summed E-state index contributed by atoms with van der Waals surface area (Å²) in [6.45, 7) is 8.18. The second-order valence-electron chi connectivity index (χ2n) is 5.01. The molecule has 2 N–H and O–H groups in total. The fourth-order valence-electron chi connectivity index (χ4n) is 1.29. The van der Waals surface area contributed by atoms with Gasteiger partial charge >= 0.3 is 0 Å². The highest BCUT2D eigenvalue weighted by atomic mass is 32.2. The Morgan fingerprint density at radius 3 is 2.56 bits per heavy atom. The number of anilines is 1. The molecular weight excluding hydrogens is 264 g/mol. The first-order valence-corrected chi connectivity index (χ1v) is 7.29. The summed E-state index contributed by atoms with van der Waals surface area (Å²) in [7, 11) is 0. The smallest absolute Gasteiger partial charge is 0.156 e. The molecule has 0 aromatic carbocycles. The SMILES string of the molecule is Cc1c(N)nc(C(C)(C)C)nc1Sc1nccs1. The minimum absolute atomic E-state index is 0.111. The molecule has 0 bridgehead atoms. The lowest BCUT2D eigenvalue weighted by Crippen LogP contribution is -2.18. The van der Waals surface area contributed by atoms with Gasteiger partial charge in [0.1, 0.15) is 16.7 Å². The van der Waals surface area contributed by atoms with Crippen molar-refractivity contribution in [3.8, 4) is 0 Å². The number of hydrogen-bond donors (Lipinski definition) is 1. The second kappa shape index (κ2) is 4.85. The van der Waals surface area contributed by atoms with Crippen LogP contribution in [-0.4, -0.2) is 15.0 Å². The van der Waals surface area contributed by atoms with E-state index in [2.05, 4.69) is 35.7 Å². The Morgan fingerprint density at radius 1 is 1.28 bits per heavy atom. The van der Waals surface area contributed by atoms with Gasteiger partial charge in [-0.3, -0.25) is 0 Å². The highest BCUT2D eigenvalue weighted by Crippen LogP contribution is 2.33. The highest BCUT2D eigenvalue weighted by molar-refractivity contribution is 8.01. The van der Waals surface area contributed by atoms with E-state index in [9.17, 15) is 0 Å². The lowest BCUT2D eigenvalue weighted by molar-refractivity contribution is 0.538. The van der Waals surface area contributed by atoms with E-state index in [0.717, 1.165) is 20.8 Å². The van der Waals surface area contributed by atoms with Crippen molar-refractivity contribution >= 4 is 28.9 Å². The van der Waals surface area contributed by atoms with Gasteiger partial charge in [0.25, 0.3) is 0 Å². The standard InChI is InChI=1S/C12H16N4S2/c1-7-8(13)15-10(12(2,3)4)16-9(7)18-11-14-5-6-17-11/h5-6H,1-4H3,(H2,13,15,16). The van der Waals surface area contributed by atoms with Gasteiger partial charge < -0.3 is 5.73 Å². The first kappa shape index (κ1) is 13.3. The molecule has 4 nitrogen and oxygen atoms in total. The van der Waals surface area contributed by atoms with E-state index in [-0.39, 0.29) is 5.41 Å². The van der Waals surface area contributed by atoms with E-state index in [1.807, 2.05) is 12.3 Å². The summed E-state index contributed by atoms with van der Waals surface area (Å²) < 4.78 is 0.969. The van der Waals surface area contributed by atoms with Crippen molar-refractivity contribution in [1.29, 1.82) is 0 Å². The Bertz CT molecular complexity index is 544. The maximum Gasteiger partial charge on any atom is 0.156 e. The van der Waals surface area contributed by atoms with E-state index in [0.29, 0.717) is 5.82 Å². The summed E-state index contributed by atoms with van der Waals surface area (Å²) >= 11 is 3.14. The molecule has 2 heterocycles. The molecule has 96 valence electrons. The summed E-state index contributed by atoms with van der Waals surface area (Å²) in [4.78, 5) is 13.2. The van der Waals surface area contributed by atoms with E-state index < -0.39 is 0 Å². The molecule has 0 aliphatic rings. The topological polar surface area (TPSA) is 64.7 Å². The molecule has 0 saturated heterocycles. The number of hydrogen-bond acceptors (Lipinski definition) is 6. The molecule has 0 amide bonds. The predicted octanol–water partition coefficient (Wildman–Crippen LogP) is 3.27. The molecular formula is C12H16N4S2. The molecule has 0 aliphatic heterocycles. The largest absolute Gasteiger partial charge is 0.383 e. The number of aromatic nitrogens is 3. The molecule has 2 rings (SSSR count). The second-order valence-corrected chi connectivity index (χ2v) is 7.14. The van der Waals surface area contributed by atoms with Crippen LogP contribution in [0.3, 0.4) is 0 Å². The Labute approximate surface area is 115 Å². The van der Waals surface area contributed by atoms with Crippen LogP contribution in [0.5, 0.6) is 0 Å². The van der Waals surface area contributed by atoms with Crippen LogP contribution in [0.2, 0.25) is 0 Å². The zero-order valence-electron chi connectivity index (χ0n) is 10.9. The lowest BCUT2D eigenvalue weighted by atomic mass is 9.95. The fourth-order valence-corrected chi connectivity index (χ4v) is 2.92. The Balaban J connectivity index is 2.43. The van der Waals surface area contributed by atoms with Crippen LogP contribution >= 0.6 is 23.1 Å². The van der Waals surface area contributed by atoms with Gasteiger partial charge in [0.2, 0.25) is 0 Å². The van der Waals surface area contributed by atoms with Crippen molar-refractivity contribution in [1.82, 2.24) is 15.0 Å². The van der Waals surface area contributed by atoms with Crippen molar-refractivity contribution in [2.75, 3.05) is 5.73 Å². The highest BCUT2D eigenvalue weighted by Gasteiger charge is 2.21. The molecule has 2 aromatic heterocycles. The van der Waals surface area contributed by atoms with Gasteiger partial charge in [0, 0.05) is 22.6 Å². The lowest BCUT2D eigenvalue weighted by Gasteiger charge is -2.18. The molecule has 0 spiro atoms. The molecule has 0 aliphatic carbocycles. The van der Waals surface area contributed by atoms with E-state index in [4.69, 9.17) is 5.73 Å². The van der Waals surface area contributed by atoms with E-state index >= 15 is 0 Å². The minimum Gasteiger partial charge on any atom is -0.383 e. The number of nitrogen functional groups attached to an aromatic ring is 1. The number of nitrogens with zero attached hydrogens (tertiary/aromatic N) is 3. The maximum absolute atomic E-state index is 5.97. The number of thiazole rings is 1. The summed E-state index contributed by atoms with van der Waals surface area (Å²) in [6.07, 6.45) is 1.79.